The van der Waals surface area contributed by atoms with Gasteiger partial charge in [0.15, 0.2) is 5.82 Å². The molecule has 0 spiro atoms. The van der Waals surface area contributed by atoms with Crippen molar-refractivity contribution in [1.29, 1.82) is 0 Å². The summed E-state index contributed by atoms with van der Waals surface area (Å²) in [5, 5.41) is 7.49. The summed E-state index contributed by atoms with van der Waals surface area (Å²) in [7, 11) is 0. The van der Waals surface area contributed by atoms with Gasteiger partial charge in [-0.15, -0.1) is 5.10 Å². The van der Waals surface area contributed by atoms with E-state index in [1.807, 2.05) is 32.0 Å². The van der Waals surface area contributed by atoms with E-state index in [1.165, 1.54) is 11.8 Å². The van der Waals surface area contributed by atoms with Crippen molar-refractivity contribution in [3.05, 3.63) is 30.1 Å². The maximum absolute atomic E-state index is 14.5. The molecule has 0 aromatic carbocycles. The van der Waals surface area contributed by atoms with E-state index in [0.29, 0.717) is 24.9 Å². The summed E-state index contributed by atoms with van der Waals surface area (Å²) in [6, 6.07) is 5.17. The van der Waals surface area contributed by atoms with Gasteiger partial charge in [-0.1, -0.05) is 6.92 Å². The standard InChI is InChI=1S/C21H25FN8O.C3H7F/c1-4-24-16-5-6-17(25-12(16)2)14-7-10-30-19(14)20(23)27-21(28-30)26-18-8-9-29(13(3)31)11-15(18)22;1-2-3-4/h4-7,10,15,18H,8-9,11H2,1-3H3,(H3,23,26,27,28);2-3H2,1H3. The number of aromatic nitrogens is 4. The molecule has 0 saturated carbocycles. The number of nitrogens with one attached hydrogen (secondary N) is 1. The van der Waals surface area contributed by atoms with Gasteiger partial charge < -0.3 is 16.0 Å². The number of hydrogen-bond donors (Lipinski definition) is 2. The average molecular weight is 487 g/mol. The number of carbonyl (C=O) groups is 1. The summed E-state index contributed by atoms with van der Waals surface area (Å²) < 4.78 is 26.9. The van der Waals surface area contributed by atoms with Gasteiger partial charge in [0.05, 0.1) is 36.3 Å². The number of piperidine rings is 1. The summed E-state index contributed by atoms with van der Waals surface area (Å²) in [4.78, 5) is 26.3. The second-order valence-corrected chi connectivity index (χ2v) is 8.24. The number of aryl methyl sites for hydroxylation is 1. The van der Waals surface area contributed by atoms with E-state index in [4.69, 9.17) is 5.73 Å². The van der Waals surface area contributed by atoms with Crippen molar-refractivity contribution in [2.24, 2.45) is 4.99 Å². The number of carbonyl (C=O) groups excluding carboxylic acids is 1. The molecule has 35 heavy (non-hydrogen) atoms. The van der Waals surface area contributed by atoms with Crippen molar-refractivity contribution in [2.45, 2.75) is 52.8 Å². The first-order valence-electron chi connectivity index (χ1n) is 11.6. The molecular weight excluding hydrogens is 454 g/mol. The average Bonchev–Trinajstić information content (AvgIpc) is 3.26. The van der Waals surface area contributed by atoms with Crippen LogP contribution in [0.3, 0.4) is 0 Å². The molecule has 0 aliphatic carbocycles. The lowest BCUT2D eigenvalue weighted by atomic mass is 10.0. The number of halogens is 2. The second kappa shape index (κ2) is 11.7. The molecule has 2 unspecified atom stereocenters. The molecule has 1 saturated heterocycles. The Morgan fingerprint density at radius 2 is 2.09 bits per heavy atom. The Hall–Kier alpha value is -3.63. The monoisotopic (exact) mass is 486 g/mol. The van der Waals surface area contributed by atoms with Crippen LogP contribution in [-0.2, 0) is 4.79 Å². The Labute approximate surface area is 203 Å². The number of alkyl halides is 2. The minimum absolute atomic E-state index is 0.0570. The first kappa shape index (κ1) is 26.0. The molecule has 3 N–H and O–H groups in total. The second-order valence-electron chi connectivity index (χ2n) is 8.24. The van der Waals surface area contributed by atoms with Crippen molar-refractivity contribution >= 4 is 35.1 Å². The molecule has 188 valence electrons. The first-order chi connectivity index (χ1) is 16.8. The zero-order chi connectivity index (χ0) is 25.5. The summed E-state index contributed by atoms with van der Waals surface area (Å²) in [5.74, 6) is 0.387. The van der Waals surface area contributed by atoms with Gasteiger partial charge in [-0.25, -0.2) is 8.91 Å². The fourth-order valence-corrected chi connectivity index (χ4v) is 3.82. The molecule has 1 fully saturated rings. The highest BCUT2D eigenvalue weighted by molar-refractivity contribution is 5.87. The number of pyridine rings is 1. The summed E-state index contributed by atoms with van der Waals surface area (Å²) >= 11 is 0. The number of fused-ring (bicyclic) bond motifs is 1. The topological polar surface area (TPSA) is 114 Å². The third-order valence-electron chi connectivity index (χ3n) is 5.63. The van der Waals surface area contributed by atoms with Gasteiger partial charge in [0.1, 0.15) is 11.7 Å². The third-order valence-corrected chi connectivity index (χ3v) is 5.63. The SMILES string of the molecule is CC=Nc1ccc(-c2ccn3nc(NC4CCN(C(C)=O)CC4F)nc(N)c23)nc1C.CCCF. The van der Waals surface area contributed by atoms with Crippen LogP contribution in [0.1, 0.15) is 39.3 Å². The fourth-order valence-electron chi connectivity index (χ4n) is 3.82. The molecule has 0 bridgehead atoms. The van der Waals surface area contributed by atoms with Crippen molar-refractivity contribution in [3.63, 3.8) is 0 Å². The number of nitrogens with zero attached hydrogens (tertiary/aromatic N) is 6. The van der Waals surface area contributed by atoms with Crippen LogP contribution in [0.25, 0.3) is 16.8 Å². The van der Waals surface area contributed by atoms with Crippen LogP contribution < -0.4 is 11.1 Å². The number of rotatable bonds is 5. The summed E-state index contributed by atoms with van der Waals surface area (Å²) in [6.07, 6.45) is 3.40. The van der Waals surface area contributed by atoms with Crippen LogP contribution in [0.15, 0.2) is 29.4 Å². The van der Waals surface area contributed by atoms with Crippen molar-refractivity contribution in [2.75, 3.05) is 30.8 Å². The van der Waals surface area contributed by atoms with E-state index in [1.54, 1.807) is 23.9 Å². The molecule has 1 aliphatic heterocycles. The van der Waals surface area contributed by atoms with Gasteiger partial charge in [-0.2, -0.15) is 4.98 Å². The molecule has 9 nitrogen and oxygen atoms in total. The van der Waals surface area contributed by atoms with Crippen molar-refractivity contribution < 1.29 is 13.6 Å². The van der Waals surface area contributed by atoms with Crippen molar-refractivity contribution in [3.8, 4) is 11.3 Å². The lowest BCUT2D eigenvalue weighted by Gasteiger charge is -2.34. The number of nitrogen functional groups attached to an aromatic ring is 1. The van der Waals surface area contributed by atoms with Crippen LogP contribution in [0.5, 0.6) is 0 Å². The third kappa shape index (κ3) is 6.09. The highest BCUT2D eigenvalue weighted by Gasteiger charge is 2.31. The fraction of sp³-hybridized carbons (Fsp3) is 0.458. The molecule has 1 aliphatic rings. The smallest absolute Gasteiger partial charge is 0.243 e. The first-order valence-corrected chi connectivity index (χ1v) is 11.6. The van der Waals surface area contributed by atoms with E-state index < -0.39 is 12.2 Å². The molecule has 4 rings (SSSR count). The minimum atomic E-state index is -1.21. The quantitative estimate of drug-likeness (QED) is 0.524. The van der Waals surface area contributed by atoms with Gasteiger partial charge in [-0.3, -0.25) is 19.2 Å². The normalized spacial score (nSPS) is 17.9. The lowest BCUT2D eigenvalue weighted by Crippen LogP contribution is -2.49. The Bertz CT molecular complexity index is 1190. The number of nitrogens with two attached hydrogens (primary N) is 1. The number of hydrogen-bond acceptors (Lipinski definition) is 7. The lowest BCUT2D eigenvalue weighted by molar-refractivity contribution is -0.131. The zero-order valence-corrected chi connectivity index (χ0v) is 20.5. The van der Waals surface area contributed by atoms with Crippen LogP contribution in [0.2, 0.25) is 0 Å². The maximum Gasteiger partial charge on any atom is 0.243 e. The number of amides is 1. The Kier molecular flexibility index (Phi) is 8.67. The number of likely N-dealkylation sites (tertiary alicyclic amines) is 1. The van der Waals surface area contributed by atoms with Gasteiger partial charge >= 0.3 is 0 Å². The van der Waals surface area contributed by atoms with Gasteiger partial charge in [-0.05, 0) is 44.9 Å². The molecule has 2 atom stereocenters. The van der Waals surface area contributed by atoms with E-state index in [2.05, 4.69) is 25.4 Å². The highest BCUT2D eigenvalue weighted by Crippen LogP contribution is 2.30. The van der Waals surface area contributed by atoms with Crippen LogP contribution in [0.4, 0.5) is 26.2 Å². The molecule has 4 heterocycles. The molecular formula is C24H32F2N8O. The summed E-state index contributed by atoms with van der Waals surface area (Å²) in [5.41, 5.74) is 10.0. The Morgan fingerprint density at radius 3 is 2.69 bits per heavy atom. The van der Waals surface area contributed by atoms with Crippen LogP contribution >= 0.6 is 0 Å². The molecule has 3 aromatic heterocycles. The van der Waals surface area contributed by atoms with E-state index in [-0.39, 0.29) is 30.9 Å². The van der Waals surface area contributed by atoms with Gasteiger partial charge in [0.2, 0.25) is 11.9 Å². The predicted molar refractivity (Wildman–Crippen MR) is 135 cm³/mol. The van der Waals surface area contributed by atoms with E-state index in [9.17, 15) is 13.6 Å². The van der Waals surface area contributed by atoms with Crippen LogP contribution in [0, 0.1) is 6.92 Å². The van der Waals surface area contributed by atoms with Crippen LogP contribution in [-0.4, -0.2) is 68.6 Å². The predicted octanol–water partition coefficient (Wildman–Crippen LogP) is 4.14. The molecule has 0 radical (unpaired) electrons. The minimum Gasteiger partial charge on any atom is -0.382 e. The van der Waals surface area contributed by atoms with E-state index >= 15 is 0 Å². The molecule has 11 heteroatoms. The summed E-state index contributed by atoms with van der Waals surface area (Å²) in [6.45, 7) is 7.37. The molecule has 3 aromatic rings. The van der Waals surface area contributed by atoms with Gasteiger partial charge in [0.25, 0.3) is 0 Å². The molecule has 1 amide bonds. The Balaban J connectivity index is 0.000000795. The largest absolute Gasteiger partial charge is 0.382 e. The van der Waals surface area contributed by atoms with Gasteiger partial charge in [0, 0.05) is 31.4 Å². The number of aliphatic imine (C=N–C) groups is 1. The highest BCUT2D eigenvalue weighted by atomic mass is 19.1. The number of anilines is 2. The maximum atomic E-state index is 14.5. The van der Waals surface area contributed by atoms with Crippen molar-refractivity contribution in [1.82, 2.24) is 24.5 Å². The zero-order valence-electron chi connectivity index (χ0n) is 20.5. The Morgan fingerprint density at radius 1 is 1.34 bits per heavy atom. The van der Waals surface area contributed by atoms with E-state index in [0.717, 1.165) is 22.6 Å².